The molecule has 1 aromatic heterocycles. The van der Waals surface area contributed by atoms with E-state index in [4.69, 9.17) is 5.73 Å². The number of amides is 1. The lowest BCUT2D eigenvalue weighted by atomic mass is 9.75. The van der Waals surface area contributed by atoms with Gasteiger partial charge in [-0.25, -0.2) is 0 Å². The summed E-state index contributed by atoms with van der Waals surface area (Å²) >= 11 is 0. The maximum atomic E-state index is 13.0. The molecule has 5 heteroatoms. The number of carbonyl (C=O) groups excluding carboxylic acids is 1. The Kier molecular flexibility index (Phi) is 4.19. The number of hydrogen-bond donors (Lipinski definition) is 2. The third-order valence-corrected chi connectivity index (χ3v) is 5.57. The maximum absolute atomic E-state index is 13.0. The SMILES string of the molecule is C[C@@]12C[C@H](CN)N(C(=O)c3ccncc3)[C@@H]1CCCC[C@H]2O. The summed E-state index contributed by atoms with van der Waals surface area (Å²) in [5.74, 6) is 0.0145. The number of nitrogens with two attached hydrogens (primary N) is 1. The summed E-state index contributed by atoms with van der Waals surface area (Å²) in [6.07, 6.45) is 7.55. The number of aromatic nitrogens is 1. The molecule has 0 aromatic carbocycles. The minimum absolute atomic E-state index is 0.00316. The van der Waals surface area contributed by atoms with Crippen molar-refractivity contribution in [3.05, 3.63) is 30.1 Å². The van der Waals surface area contributed by atoms with E-state index in [1.807, 2.05) is 4.90 Å². The Morgan fingerprint density at radius 1 is 1.41 bits per heavy atom. The molecule has 2 heterocycles. The van der Waals surface area contributed by atoms with Gasteiger partial charge in [0, 0.05) is 42.0 Å². The van der Waals surface area contributed by atoms with Crippen LogP contribution in [0.25, 0.3) is 0 Å². The van der Waals surface area contributed by atoms with Crippen LogP contribution in [0.3, 0.4) is 0 Å². The summed E-state index contributed by atoms with van der Waals surface area (Å²) in [5, 5.41) is 10.6. The van der Waals surface area contributed by atoms with E-state index in [0.717, 1.165) is 32.1 Å². The highest BCUT2D eigenvalue weighted by molar-refractivity contribution is 5.94. The molecular formula is C17H25N3O2. The average molecular weight is 303 g/mol. The van der Waals surface area contributed by atoms with Gasteiger partial charge in [0.2, 0.25) is 0 Å². The molecule has 3 N–H and O–H groups in total. The summed E-state index contributed by atoms with van der Waals surface area (Å²) < 4.78 is 0. The van der Waals surface area contributed by atoms with Gasteiger partial charge in [-0.3, -0.25) is 9.78 Å². The zero-order chi connectivity index (χ0) is 15.7. The molecule has 1 amide bonds. The number of hydrogen-bond acceptors (Lipinski definition) is 4. The Hall–Kier alpha value is -1.46. The van der Waals surface area contributed by atoms with E-state index in [1.54, 1.807) is 24.5 Å². The van der Waals surface area contributed by atoms with Crippen LogP contribution < -0.4 is 5.73 Å². The van der Waals surface area contributed by atoms with Crippen LogP contribution in [0.15, 0.2) is 24.5 Å². The van der Waals surface area contributed by atoms with Crippen molar-refractivity contribution in [1.82, 2.24) is 9.88 Å². The van der Waals surface area contributed by atoms with Crippen LogP contribution in [0, 0.1) is 5.41 Å². The van der Waals surface area contributed by atoms with E-state index in [-0.39, 0.29) is 29.5 Å². The number of aliphatic hydroxyl groups is 1. The Morgan fingerprint density at radius 3 is 2.77 bits per heavy atom. The number of fused-ring (bicyclic) bond motifs is 1. The Labute approximate surface area is 131 Å². The van der Waals surface area contributed by atoms with Gasteiger partial charge in [-0.2, -0.15) is 0 Å². The first-order chi connectivity index (χ1) is 10.6. The van der Waals surface area contributed by atoms with E-state index in [0.29, 0.717) is 12.1 Å². The fourth-order valence-corrected chi connectivity index (χ4v) is 4.29. The number of nitrogens with zero attached hydrogens (tertiary/aromatic N) is 2. The largest absolute Gasteiger partial charge is 0.392 e. The summed E-state index contributed by atoms with van der Waals surface area (Å²) in [5.41, 5.74) is 6.35. The predicted octanol–water partition coefficient (Wildman–Crippen LogP) is 1.56. The topological polar surface area (TPSA) is 79.5 Å². The monoisotopic (exact) mass is 303 g/mol. The van der Waals surface area contributed by atoms with E-state index in [2.05, 4.69) is 11.9 Å². The van der Waals surface area contributed by atoms with E-state index in [1.165, 1.54) is 0 Å². The molecule has 2 fully saturated rings. The second kappa shape index (κ2) is 5.97. The summed E-state index contributed by atoms with van der Waals surface area (Å²) in [4.78, 5) is 18.9. The van der Waals surface area contributed by atoms with Crippen molar-refractivity contribution in [2.75, 3.05) is 6.54 Å². The van der Waals surface area contributed by atoms with Crippen LogP contribution >= 0.6 is 0 Å². The third kappa shape index (κ3) is 2.42. The molecule has 5 nitrogen and oxygen atoms in total. The lowest BCUT2D eigenvalue weighted by molar-refractivity contribution is 0.0121. The molecule has 1 saturated carbocycles. The number of carbonyl (C=O) groups is 1. The van der Waals surface area contributed by atoms with Gasteiger partial charge in [-0.15, -0.1) is 0 Å². The van der Waals surface area contributed by atoms with Crippen molar-refractivity contribution in [3.63, 3.8) is 0 Å². The molecule has 0 spiro atoms. The fourth-order valence-electron chi connectivity index (χ4n) is 4.29. The number of likely N-dealkylation sites (tertiary alicyclic amines) is 1. The van der Waals surface area contributed by atoms with Crippen molar-refractivity contribution in [3.8, 4) is 0 Å². The number of aliphatic hydroxyl groups excluding tert-OH is 1. The maximum Gasteiger partial charge on any atom is 0.254 e. The standard InChI is InChI=1S/C17H25N3O2/c1-17-10-13(11-18)20(14(17)4-2-3-5-15(17)21)16(22)12-6-8-19-9-7-12/h6-9,13-15,21H,2-5,10-11,18H2,1H3/t13-,14-,15-,17-/m1/s1. The van der Waals surface area contributed by atoms with E-state index < -0.39 is 0 Å². The van der Waals surface area contributed by atoms with Gasteiger partial charge < -0.3 is 15.7 Å². The molecule has 4 atom stereocenters. The van der Waals surface area contributed by atoms with Crippen LogP contribution in [-0.4, -0.2) is 45.6 Å². The van der Waals surface area contributed by atoms with E-state index >= 15 is 0 Å². The highest BCUT2D eigenvalue weighted by Gasteiger charge is 2.54. The summed E-state index contributed by atoms with van der Waals surface area (Å²) in [7, 11) is 0. The first kappa shape index (κ1) is 15.4. The van der Waals surface area contributed by atoms with Gasteiger partial charge in [0.25, 0.3) is 5.91 Å². The molecule has 1 saturated heterocycles. The smallest absolute Gasteiger partial charge is 0.254 e. The Bertz CT molecular complexity index is 536. The average Bonchev–Trinajstić information content (AvgIpc) is 2.77. The fraction of sp³-hybridized carbons (Fsp3) is 0.647. The highest BCUT2D eigenvalue weighted by atomic mass is 16.3. The molecule has 0 radical (unpaired) electrons. The number of rotatable bonds is 2. The first-order valence-corrected chi connectivity index (χ1v) is 8.18. The molecule has 1 aliphatic heterocycles. The predicted molar refractivity (Wildman–Crippen MR) is 84.2 cm³/mol. The van der Waals surface area contributed by atoms with E-state index in [9.17, 15) is 9.90 Å². The Balaban J connectivity index is 1.96. The van der Waals surface area contributed by atoms with Gasteiger partial charge in [0.1, 0.15) is 0 Å². The summed E-state index contributed by atoms with van der Waals surface area (Å²) in [6.45, 7) is 2.56. The third-order valence-electron chi connectivity index (χ3n) is 5.57. The second-order valence-electron chi connectivity index (χ2n) is 6.86. The summed E-state index contributed by atoms with van der Waals surface area (Å²) in [6, 6.07) is 3.57. The Morgan fingerprint density at radius 2 is 2.09 bits per heavy atom. The number of pyridine rings is 1. The van der Waals surface area contributed by atoms with Crippen LogP contribution in [0.2, 0.25) is 0 Å². The van der Waals surface area contributed by atoms with Crippen LogP contribution in [0.5, 0.6) is 0 Å². The molecule has 1 aliphatic carbocycles. The zero-order valence-corrected chi connectivity index (χ0v) is 13.1. The lowest BCUT2D eigenvalue weighted by Crippen LogP contribution is -2.48. The quantitative estimate of drug-likeness (QED) is 0.869. The van der Waals surface area contributed by atoms with Crippen molar-refractivity contribution in [2.24, 2.45) is 11.1 Å². The molecule has 0 unspecified atom stereocenters. The van der Waals surface area contributed by atoms with Crippen molar-refractivity contribution >= 4 is 5.91 Å². The molecule has 120 valence electrons. The van der Waals surface area contributed by atoms with Gasteiger partial charge in [-0.05, 0) is 31.4 Å². The minimum atomic E-state index is -0.357. The molecule has 2 aliphatic rings. The van der Waals surface area contributed by atoms with Crippen molar-refractivity contribution < 1.29 is 9.90 Å². The second-order valence-corrected chi connectivity index (χ2v) is 6.86. The van der Waals surface area contributed by atoms with Gasteiger partial charge in [-0.1, -0.05) is 19.8 Å². The normalized spacial score (nSPS) is 35.0. The van der Waals surface area contributed by atoms with Gasteiger partial charge in [0.15, 0.2) is 0 Å². The van der Waals surface area contributed by atoms with Gasteiger partial charge >= 0.3 is 0 Å². The molecule has 1 aromatic rings. The lowest BCUT2D eigenvalue weighted by Gasteiger charge is -2.37. The molecule has 22 heavy (non-hydrogen) atoms. The van der Waals surface area contributed by atoms with Crippen molar-refractivity contribution in [1.29, 1.82) is 0 Å². The first-order valence-electron chi connectivity index (χ1n) is 8.18. The molecule has 0 bridgehead atoms. The van der Waals surface area contributed by atoms with Crippen LogP contribution in [-0.2, 0) is 0 Å². The van der Waals surface area contributed by atoms with Crippen molar-refractivity contribution in [2.45, 2.75) is 57.2 Å². The highest BCUT2D eigenvalue weighted by Crippen LogP contribution is 2.48. The minimum Gasteiger partial charge on any atom is -0.392 e. The zero-order valence-electron chi connectivity index (χ0n) is 13.1. The van der Waals surface area contributed by atoms with Crippen LogP contribution in [0.1, 0.15) is 49.4 Å². The van der Waals surface area contributed by atoms with Gasteiger partial charge in [0.05, 0.1) is 6.10 Å². The van der Waals surface area contributed by atoms with Crippen LogP contribution in [0.4, 0.5) is 0 Å². The molecule has 3 rings (SSSR count). The molecular weight excluding hydrogens is 278 g/mol.